The van der Waals surface area contributed by atoms with Gasteiger partial charge in [-0.25, -0.2) is 0 Å². The molecule has 3 rings (SSSR count). The van der Waals surface area contributed by atoms with Crippen LogP contribution in [0.2, 0.25) is 0 Å². The monoisotopic (exact) mass is 304 g/mol. The third kappa shape index (κ3) is 3.06. The molecule has 110 valence electrons. The van der Waals surface area contributed by atoms with Crippen molar-refractivity contribution in [2.45, 2.75) is 43.8 Å². The molecule has 19 heavy (non-hydrogen) atoms. The van der Waals surface area contributed by atoms with Crippen molar-refractivity contribution < 1.29 is 4.79 Å². The van der Waals surface area contributed by atoms with Gasteiger partial charge < -0.3 is 10.6 Å². The number of hydrogen-bond acceptors (Lipinski definition) is 3. The normalized spacial score (nSPS) is 37.5. The number of hydrogen-bond donors (Lipinski definition) is 2. The number of halogens is 1. The minimum Gasteiger partial charge on any atom is -0.354 e. The van der Waals surface area contributed by atoms with Crippen molar-refractivity contribution in [2.75, 3.05) is 25.4 Å². The first-order valence-corrected chi connectivity index (χ1v) is 8.47. The Morgan fingerprint density at radius 3 is 3.00 bits per heavy atom. The first kappa shape index (κ1) is 15.5. The highest BCUT2D eigenvalue weighted by atomic mass is 35.5. The zero-order valence-corrected chi connectivity index (χ0v) is 13.1. The highest BCUT2D eigenvalue weighted by molar-refractivity contribution is 8.00. The fourth-order valence-corrected chi connectivity index (χ4v) is 5.08. The molecule has 0 aromatic heterocycles. The molecule has 1 aliphatic carbocycles. The molecule has 1 unspecified atom stereocenters. The van der Waals surface area contributed by atoms with Gasteiger partial charge in [-0.1, -0.05) is 12.8 Å². The van der Waals surface area contributed by atoms with Gasteiger partial charge in [0.05, 0.1) is 5.41 Å². The average molecular weight is 305 g/mol. The predicted molar refractivity (Wildman–Crippen MR) is 83.0 cm³/mol. The van der Waals surface area contributed by atoms with Crippen LogP contribution < -0.4 is 10.6 Å². The van der Waals surface area contributed by atoms with Gasteiger partial charge in [-0.15, -0.1) is 12.4 Å². The lowest BCUT2D eigenvalue weighted by atomic mass is 9.67. The second-order valence-electron chi connectivity index (χ2n) is 6.07. The van der Waals surface area contributed by atoms with Crippen LogP contribution in [-0.2, 0) is 4.79 Å². The molecule has 3 atom stereocenters. The van der Waals surface area contributed by atoms with Crippen LogP contribution in [0.15, 0.2) is 0 Å². The summed E-state index contributed by atoms with van der Waals surface area (Å²) in [6, 6.07) is 0. The van der Waals surface area contributed by atoms with Gasteiger partial charge in [0.15, 0.2) is 0 Å². The van der Waals surface area contributed by atoms with Gasteiger partial charge in [-0.05, 0) is 43.9 Å². The molecule has 0 aromatic carbocycles. The summed E-state index contributed by atoms with van der Waals surface area (Å²) in [7, 11) is 0. The molecule has 0 radical (unpaired) electrons. The number of nitrogens with one attached hydrogen (secondary N) is 2. The van der Waals surface area contributed by atoms with Crippen LogP contribution >= 0.6 is 24.2 Å². The zero-order valence-electron chi connectivity index (χ0n) is 11.5. The lowest BCUT2D eigenvalue weighted by Gasteiger charge is -2.37. The second-order valence-corrected chi connectivity index (χ2v) is 7.48. The van der Waals surface area contributed by atoms with Gasteiger partial charge in [-0.3, -0.25) is 4.79 Å². The minimum atomic E-state index is -0.0679. The predicted octanol–water partition coefficient (Wildman–Crippen LogP) is 2.20. The van der Waals surface area contributed by atoms with Gasteiger partial charge in [0.25, 0.3) is 0 Å². The van der Waals surface area contributed by atoms with Crippen molar-refractivity contribution in [2.24, 2.45) is 11.3 Å². The molecule has 1 saturated carbocycles. The summed E-state index contributed by atoms with van der Waals surface area (Å²) in [4.78, 5) is 12.6. The van der Waals surface area contributed by atoms with E-state index in [0.29, 0.717) is 17.1 Å². The van der Waals surface area contributed by atoms with Gasteiger partial charge in [0.1, 0.15) is 0 Å². The van der Waals surface area contributed by atoms with Gasteiger partial charge >= 0.3 is 0 Å². The summed E-state index contributed by atoms with van der Waals surface area (Å²) in [6.45, 7) is 2.84. The maximum atomic E-state index is 12.6. The van der Waals surface area contributed by atoms with E-state index in [2.05, 4.69) is 10.6 Å². The standard InChI is InChI=1S/C14H24N2OS.ClH/c17-13(16-9-12-5-3-7-18-12)14-6-2-1-4-11(14)8-15-10-14;/h11-12,15H,1-10H2,(H,16,17);1H/t11-,12?,14+;/m0./s1. The number of amides is 1. The van der Waals surface area contributed by atoms with Gasteiger partial charge in [-0.2, -0.15) is 11.8 Å². The van der Waals surface area contributed by atoms with Crippen LogP contribution in [0.25, 0.3) is 0 Å². The van der Waals surface area contributed by atoms with E-state index < -0.39 is 0 Å². The molecule has 0 aromatic rings. The average Bonchev–Trinajstić information content (AvgIpc) is 3.05. The smallest absolute Gasteiger partial charge is 0.227 e. The number of carbonyl (C=O) groups is 1. The highest BCUT2D eigenvalue weighted by Crippen LogP contribution is 2.43. The quantitative estimate of drug-likeness (QED) is 0.840. The van der Waals surface area contributed by atoms with Gasteiger partial charge in [0, 0.05) is 18.3 Å². The molecule has 5 heteroatoms. The molecule has 2 N–H and O–H groups in total. The number of carbonyl (C=O) groups excluding carboxylic acids is 1. The Kier molecular flexibility index (Phi) is 5.44. The molecule has 2 heterocycles. The topological polar surface area (TPSA) is 41.1 Å². The third-order valence-electron chi connectivity index (χ3n) is 5.00. The molecule has 2 saturated heterocycles. The van der Waals surface area contributed by atoms with E-state index in [1.54, 1.807) is 0 Å². The van der Waals surface area contributed by atoms with Crippen molar-refractivity contribution in [1.82, 2.24) is 10.6 Å². The molecule has 2 aliphatic heterocycles. The SMILES string of the molecule is Cl.O=C(NCC1CCCS1)[C@@]12CCCC[C@H]1CNC2. The summed E-state index contributed by atoms with van der Waals surface area (Å²) in [5, 5.41) is 7.37. The largest absolute Gasteiger partial charge is 0.354 e. The van der Waals surface area contributed by atoms with Crippen LogP contribution in [0.3, 0.4) is 0 Å². The van der Waals surface area contributed by atoms with E-state index in [0.717, 1.165) is 26.1 Å². The lowest BCUT2D eigenvalue weighted by Crippen LogP contribution is -2.49. The summed E-state index contributed by atoms with van der Waals surface area (Å²) in [5.74, 6) is 2.20. The zero-order chi connectivity index (χ0) is 12.4. The van der Waals surface area contributed by atoms with E-state index >= 15 is 0 Å². The first-order valence-electron chi connectivity index (χ1n) is 7.42. The Morgan fingerprint density at radius 2 is 2.21 bits per heavy atom. The van der Waals surface area contributed by atoms with E-state index in [1.165, 1.54) is 37.9 Å². The van der Waals surface area contributed by atoms with Crippen molar-refractivity contribution in [3.8, 4) is 0 Å². The van der Waals surface area contributed by atoms with Crippen molar-refractivity contribution in [3.05, 3.63) is 0 Å². The van der Waals surface area contributed by atoms with Crippen molar-refractivity contribution >= 4 is 30.1 Å². The third-order valence-corrected chi connectivity index (χ3v) is 6.40. The van der Waals surface area contributed by atoms with Crippen LogP contribution in [-0.4, -0.2) is 36.5 Å². The second kappa shape index (κ2) is 6.68. The number of fused-ring (bicyclic) bond motifs is 1. The summed E-state index contributed by atoms with van der Waals surface area (Å²) in [6.07, 6.45) is 7.46. The molecule has 1 amide bonds. The van der Waals surface area contributed by atoms with E-state index in [1.807, 2.05) is 11.8 Å². The van der Waals surface area contributed by atoms with Crippen LogP contribution in [0.4, 0.5) is 0 Å². The maximum absolute atomic E-state index is 12.6. The Hall–Kier alpha value is 0.0700. The van der Waals surface area contributed by atoms with Crippen molar-refractivity contribution in [1.29, 1.82) is 0 Å². The van der Waals surface area contributed by atoms with Crippen LogP contribution in [0.1, 0.15) is 38.5 Å². The number of thioether (sulfide) groups is 1. The van der Waals surface area contributed by atoms with E-state index in [9.17, 15) is 4.79 Å². The van der Waals surface area contributed by atoms with Crippen LogP contribution in [0.5, 0.6) is 0 Å². The summed E-state index contributed by atoms with van der Waals surface area (Å²) >= 11 is 2.02. The summed E-state index contributed by atoms with van der Waals surface area (Å²) in [5.41, 5.74) is -0.0679. The molecule has 3 fully saturated rings. The minimum absolute atomic E-state index is 0. The van der Waals surface area contributed by atoms with Crippen LogP contribution in [0, 0.1) is 11.3 Å². The van der Waals surface area contributed by atoms with Crippen molar-refractivity contribution in [3.63, 3.8) is 0 Å². The lowest BCUT2D eigenvalue weighted by molar-refractivity contribution is -0.133. The molecular formula is C14H25ClN2OS. The molecule has 3 aliphatic rings. The molecular weight excluding hydrogens is 280 g/mol. The number of rotatable bonds is 3. The van der Waals surface area contributed by atoms with E-state index in [-0.39, 0.29) is 17.8 Å². The molecule has 3 nitrogen and oxygen atoms in total. The summed E-state index contributed by atoms with van der Waals surface area (Å²) < 4.78 is 0. The first-order chi connectivity index (χ1) is 8.81. The fourth-order valence-electron chi connectivity index (χ4n) is 3.88. The Balaban J connectivity index is 0.00000133. The Labute approximate surface area is 126 Å². The Bertz CT molecular complexity index is 323. The Morgan fingerprint density at radius 1 is 1.32 bits per heavy atom. The molecule has 0 spiro atoms. The van der Waals surface area contributed by atoms with Gasteiger partial charge in [0.2, 0.25) is 5.91 Å². The molecule has 0 bridgehead atoms. The fraction of sp³-hybridized carbons (Fsp3) is 0.929. The van der Waals surface area contributed by atoms with E-state index in [4.69, 9.17) is 0 Å². The highest BCUT2D eigenvalue weighted by Gasteiger charge is 2.49. The maximum Gasteiger partial charge on any atom is 0.227 e.